The first kappa shape index (κ1) is 21.1. The average molecular weight is 407 g/mol. The van der Waals surface area contributed by atoms with E-state index < -0.39 is 6.09 Å². The van der Waals surface area contributed by atoms with Gasteiger partial charge in [-0.1, -0.05) is 6.07 Å². The molecule has 2 heterocycles. The summed E-state index contributed by atoms with van der Waals surface area (Å²) >= 11 is 0. The Kier molecular flexibility index (Phi) is 6.20. The number of carboxylic acid groups (broad SMARTS) is 1. The Morgan fingerprint density at radius 1 is 1.03 bits per heavy atom. The number of aromatic nitrogens is 2. The Morgan fingerprint density at radius 3 is 2.47 bits per heavy atom. The molecule has 1 N–H and O–H groups in total. The van der Waals surface area contributed by atoms with E-state index in [1.807, 2.05) is 51.1 Å². The number of pyridine rings is 2. The standard InChI is InChI=1S/C23H25N3O4/c1-14-8-18(17-6-7-24-21(11-17)29-4)10-19(9-14)26(23(27)28)13-20-16(3)22(30-5)15(2)12-25-20/h6-12H,13H2,1-5H3,(H,27,28). The summed E-state index contributed by atoms with van der Waals surface area (Å²) in [5.74, 6) is 1.22. The lowest BCUT2D eigenvalue weighted by Gasteiger charge is -2.22. The molecule has 0 aliphatic rings. The van der Waals surface area contributed by atoms with Crippen molar-refractivity contribution in [2.24, 2.45) is 0 Å². The van der Waals surface area contributed by atoms with Gasteiger partial charge in [-0.25, -0.2) is 9.78 Å². The number of benzene rings is 1. The number of rotatable bonds is 6. The van der Waals surface area contributed by atoms with Crippen molar-refractivity contribution in [2.75, 3.05) is 19.1 Å². The number of ether oxygens (including phenoxy) is 2. The second-order valence-corrected chi connectivity index (χ2v) is 7.06. The van der Waals surface area contributed by atoms with Gasteiger partial charge in [0.15, 0.2) is 0 Å². The van der Waals surface area contributed by atoms with Crippen LogP contribution in [0.4, 0.5) is 10.5 Å². The Morgan fingerprint density at radius 2 is 1.80 bits per heavy atom. The van der Waals surface area contributed by atoms with Crippen LogP contribution < -0.4 is 14.4 Å². The van der Waals surface area contributed by atoms with Crippen molar-refractivity contribution in [3.63, 3.8) is 0 Å². The normalized spacial score (nSPS) is 10.6. The number of aryl methyl sites for hydroxylation is 2. The predicted molar refractivity (Wildman–Crippen MR) is 115 cm³/mol. The molecule has 0 radical (unpaired) electrons. The van der Waals surface area contributed by atoms with E-state index in [0.717, 1.165) is 33.6 Å². The summed E-state index contributed by atoms with van der Waals surface area (Å²) < 4.78 is 10.7. The SMILES string of the molecule is COc1cc(-c2cc(C)cc(N(Cc3ncc(C)c(OC)c3C)C(=O)O)c2)ccn1. The highest BCUT2D eigenvalue weighted by Gasteiger charge is 2.20. The monoisotopic (exact) mass is 407 g/mol. The minimum atomic E-state index is -1.06. The van der Waals surface area contributed by atoms with Gasteiger partial charge in [0.05, 0.1) is 26.5 Å². The molecule has 30 heavy (non-hydrogen) atoms. The van der Waals surface area contributed by atoms with Gasteiger partial charge in [-0.3, -0.25) is 9.88 Å². The quantitative estimate of drug-likeness (QED) is 0.634. The van der Waals surface area contributed by atoms with Crippen molar-refractivity contribution >= 4 is 11.8 Å². The molecule has 3 rings (SSSR count). The first-order valence-electron chi connectivity index (χ1n) is 9.45. The van der Waals surface area contributed by atoms with E-state index in [9.17, 15) is 9.90 Å². The molecule has 0 spiro atoms. The van der Waals surface area contributed by atoms with Crippen molar-refractivity contribution in [3.05, 3.63) is 65.1 Å². The molecule has 0 saturated heterocycles. The number of anilines is 1. The van der Waals surface area contributed by atoms with Crippen LogP contribution in [-0.4, -0.2) is 35.4 Å². The van der Waals surface area contributed by atoms with Crippen LogP contribution in [0.25, 0.3) is 11.1 Å². The largest absolute Gasteiger partial charge is 0.496 e. The number of carbonyl (C=O) groups is 1. The molecule has 0 unspecified atom stereocenters. The Bertz CT molecular complexity index is 1080. The molecule has 0 aliphatic carbocycles. The molecule has 7 nitrogen and oxygen atoms in total. The van der Waals surface area contributed by atoms with Gasteiger partial charge < -0.3 is 14.6 Å². The molecule has 0 atom stereocenters. The van der Waals surface area contributed by atoms with E-state index in [0.29, 0.717) is 17.3 Å². The molecule has 7 heteroatoms. The van der Waals surface area contributed by atoms with E-state index in [-0.39, 0.29) is 6.54 Å². The smallest absolute Gasteiger partial charge is 0.412 e. The molecule has 0 saturated carbocycles. The van der Waals surface area contributed by atoms with Gasteiger partial charge in [0.1, 0.15) is 5.75 Å². The number of amides is 1. The second-order valence-electron chi connectivity index (χ2n) is 7.06. The number of nitrogens with zero attached hydrogens (tertiary/aromatic N) is 3. The van der Waals surface area contributed by atoms with Crippen LogP contribution in [0.2, 0.25) is 0 Å². The van der Waals surface area contributed by atoms with Gasteiger partial charge in [-0.2, -0.15) is 0 Å². The van der Waals surface area contributed by atoms with Crippen LogP contribution in [0.3, 0.4) is 0 Å². The number of hydrogen-bond donors (Lipinski definition) is 1. The highest BCUT2D eigenvalue weighted by atomic mass is 16.5. The van der Waals surface area contributed by atoms with Gasteiger partial charge in [0, 0.05) is 35.3 Å². The Balaban J connectivity index is 2.03. The second kappa shape index (κ2) is 8.82. The van der Waals surface area contributed by atoms with Crippen molar-refractivity contribution in [1.82, 2.24) is 9.97 Å². The highest BCUT2D eigenvalue weighted by Crippen LogP contribution is 2.30. The maximum atomic E-state index is 12.1. The van der Waals surface area contributed by atoms with Crippen LogP contribution in [-0.2, 0) is 6.54 Å². The van der Waals surface area contributed by atoms with Crippen molar-refractivity contribution in [2.45, 2.75) is 27.3 Å². The molecule has 1 aromatic carbocycles. The predicted octanol–water partition coefficient (Wildman–Crippen LogP) is 4.77. The summed E-state index contributed by atoms with van der Waals surface area (Å²) in [6.45, 7) is 5.84. The minimum absolute atomic E-state index is 0.111. The van der Waals surface area contributed by atoms with Crippen LogP contribution in [0, 0.1) is 20.8 Å². The number of hydrogen-bond acceptors (Lipinski definition) is 5. The van der Waals surface area contributed by atoms with E-state index in [1.54, 1.807) is 26.6 Å². The zero-order valence-corrected chi connectivity index (χ0v) is 17.8. The minimum Gasteiger partial charge on any atom is -0.496 e. The maximum absolute atomic E-state index is 12.1. The third-order valence-corrected chi connectivity index (χ3v) is 4.94. The highest BCUT2D eigenvalue weighted by molar-refractivity contribution is 5.87. The van der Waals surface area contributed by atoms with Gasteiger partial charge >= 0.3 is 6.09 Å². The fourth-order valence-corrected chi connectivity index (χ4v) is 3.44. The van der Waals surface area contributed by atoms with Crippen LogP contribution in [0.15, 0.2) is 42.7 Å². The van der Waals surface area contributed by atoms with Crippen LogP contribution >= 0.6 is 0 Å². The summed E-state index contributed by atoms with van der Waals surface area (Å²) in [5.41, 5.74) is 5.66. The molecule has 3 aromatic rings. The fourth-order valence-electron chi connectivity index (χ4n) is 3.44. The zero-order chi connectivity index (χ0) is 21.8. The molecule has 156 valence electrons. The van der Waals surface area contributed by atoms with Gasteiger partial charge in [-0.05, 0) is 55.7 Å². The molecule has 0 bridgehead atoms. The summed E-state index contributed by atoms with van der Waals surface area (Å²) in [7, 11) is 3.16. The summed E-state index contributed by atoms with van der Waals surface area (Å²) in [4.78, 5) is 22.0. The topological polar surface area (TPSA) is 84.8 Å². The third-order valence-electron chi connectivity index (χ3n) is 4.94. The lowest BCUT2D eigenvalue weighted by Crippen LogP contribution is -2.29. The molecule has 0 fully saturated rings. The summed E-state index contributed by atoms with van der Waals surface area (Å²) in [6, 6.07) is 9.37. The maximum Gasteiger partial charge on any atom is 0.412 e. The molecular weight excluding hydrogens is 382 g/mol. The van der Waals surface area contributed by atoms with Crippen LogP contribution in [0.5, 0.6) is 11.6 Å². The first-order chi connectivity index (χ1) is 14.3. The summed E-state index contributed by atoms with van der Waals surface area (Å²) in [6.07, 6.45) is 2.31. The van der Waals surface area contributed by atoms with E-state index in [4.69, 9.17) is 9.47 Å². The summed E-state index contributed by atoms with van der Waals surface area (Å²) in [5, 5.41) is 9.93. The van der Waals surface area contributed by atoms with E-state index in [2.05, 4.69) is 9.97 Å². The van der Waals surface area contributed by atoms with Gasteiger partial charge in [0.25, 0.3) is 0 Å². The molecular formula is C23H25N3O4. The van der Waals surface area contributed by atoms with Gasteiger partial charge in [-0.15, -0.1) is 0 Å². The average Bonchev–Trinajstić information content (AvgIpc) is 2.73. The molecule has 2 aromatic heterocycles. The number of methoxy groups -OCH3 is 2. The van der Waals surface area contributed by atoms with E-state index >= 15 is 0 Å². The lowest BCUT2D eigenvalue weighted by molar-refractivity contribution is 0.201. The van der Waals surface area contributed by atoms with E-state index in [1.165, 1.54) is 4.90 Å². The molecule has 0 aliphatic heterocycles. The van der Waals surface area contributed by atoms with Gasteiger partial charge in [0.2, 0.25) is 5.88 Å². The zero-order valence-electron chi connectivity index (χ0n) is 17.8. The van der Waals surface area contributed by atoms with Crippen LogP contribution in [0.1, 0.15) is 22.4 Å². The van der Waals surface area contributed by atoms with Crippen molar-refractivity contribution < 1.29 is 19.4 Å². The fraction of sp³-hybridized carbons (Fsp3) is 0.261. The molecule has 1 amide bonds. The Labute approximate surface area is 175 Å². The lowest BCUT2D eigenvalue weighted by atomic mass is 10.0. The first-order valence-corrected chi connectivity index (χ1v) is 9.45. The van der Waals surface area contributed by atoms with Crippen molar-refractivity contribution in [3.8, 4) is 22.8 Å². The third kappa shape index (κ3) is 4.35. The Hall–Kier alpha value is -3.61. The van der Waals surface area contributed by atoms with Crippen molar-refractivity contribution in [1.29, 1.82) is 0 Å².